The molecule has 0 fully saturated rings. The van der Waals surface area contributed by atoms with Crippen molar-refractivity contribution in [1.82, 2.24) is 4.98 Å². The van der Waals surface area contributed by atoms with Crippen molar-refractivity contribution in [3.8, 4) is 0 Å². The summed E-state index contributed by atoms with van der Waals surface area (Å²) >= 11 is 1.52. The molecule has 4 nitrogen and oxygen atoms in total. The number of hydrogen-bond donors (Lipinski definition) is 2. The van der Waals surface area contributed by atoms with E-state index < -0.39 is 12.0 Å². The number of aryl methyl sites for hydroxylation is 1. The Morgan fingerprint density at radius 2 is 2.54 bits per heavy atom. The number of rotatable bonds is 4. The molecule has 1 rings (SSSR count). The van der Waals surface area contributed by atoms with Gasteiger partial charge in [0.2, 0.25) is 0 Å². The van der Waals surface area contributed by atoms with Crippen LogP contribution in [0.25, 0.3) is 0 Å². The molecule has 0 aromatic carbocycles. The Labute approximate surface area is 80.4 Å². The van der Waals surface area contributed by atoms with Gasteiger partial charge in [0.05, 0.1) is 23.2 Å². The second kappa shape index (κ2) is 4.34. The highest BCUT2D eigenvalue weighted by Crippen LogP contribution is 2.17. The molecule has 1 unspecified atom stereocenters. The van der Waals surface area contributed by atoms with Crippen molar-refractivity contribution in [1.29, 1.82) is 0 Å². The Morgan fingerprint density at radius 1 is 1.85 bits per heavy atom. The summed E-state index contributed by atoms with van der Waals surface area (Å²) in [7, 11) is 0. The van der Waals surface area contributed by atoms with Crippen molar-refractivity contribution in [2.45, 2.75) is 25.8 Å². The van der Waals surface area contributed by atoms with E-state index in [1.54, 1.807) is 0 Å². The maximum absolute atomic E-state index is 10.4. The summed E-state index contributed by atoms with van der Waals surface area (Å²) in [4.78, 5) is 14.6. The van der Waals surface area contributed by atoms with Gasteiger partial charge < -0.3 is 10.8 Å². The van der Waals surface area contributed by atoms with E-state index in [-0.39, 0.29) is 6.42 Å². The number of carbonyl (C=O) groups is 1. The molecule has 0 aliphatic heterocycles. The van der Waals surface area contributed by atoms with E-state index in [2.05, 4.69) is 4.98 Å². The predicted octanol–water partition coefficient (Wildman–Crippen LogP) is 1.18. The molecule has 0 saturated heterocycles. The van der Waals surface area contributed by atoms with Crippen molar-refractivity contribution in [3.63, 3.8) is 0 Å². The lowest BCUT2D eigenvalue weighted by molar-refractivity contribution is -0.137. The molecule has 0 amide bonds. The number of carboxylic acids is 1. The molecule has 72 valence electrons. The lowest BCUT2D eigenvalue weighted by Crippen LogP contribution is -2.15. The SMILES string of the molecule is CCc1nc(C(N)CC(=O)O)cs1. The maximum Gasteiger partial charge on any atom is 0.305 e. The van der Waals surface area contributed by atoms with E-state index in [4.69, 9.17) is 10.8 Å². The summed E-state index contributed by atoms with van der Waals surface area (Å²) in [5, 5.41) is 11.3. The van der Waals surface area contributed by atoms with Crippen LogP contribution in [0.15, 0.2) is 5.38 Å². The van der Waals surface area contributed by atoms with Crippen LogP contribution < -0.4 is 5.73 Å². The quantitative estimate of drug-likeness (QED) is 0.765. The van der Waals surface area contributed by atoms with Crippen LogP contribution in [-0.4, -0.2) is 16.1 Å². The largest absolute Gasteiger partial charge is 0.481 e. The van der Waals surface area contributed by atoms with Crippen LogP contribution >= 0.6 is 11.3 Å². The van der Waals surface area contributed by atoms with Gasteiger partial charge in [0.25, 0.3) is 0 Å². The Morgan fingerprint density at radius 3 is 3.00 bits per heavy atom. The average molecular weight is 200 g/mol. The third-order valence-electron chi connectivity index (χ3n) is 1.65. The first-order valence-electron chi connectivity index (χ1n) is 4.05. The normalized spacial score (nSPS) is 12.8. The molecule has 0 bridgehead atoms. The molecule has 1 aromatic rings. The molecule has 5 heteroatoms. The fourth-order valence-corrected chi connectivity index (χ4v) is 1.76. The van der Waals surface area contributed by atoms with Gasteiger partial charge >= 0.3 is 5.97 Å². The number of hydrogen-bond acceptors (Lipinski definition) is 4. The minimum Gasteiger partial charge on any atom is -0.481 e. The minimum absolute atomic E-state index is 0.0626. The lowest BCUT2D eigenvalue weighted by Gasteiger charge is -2.03. The Balaban J connectivity index is 2.65. The summed E-state index contributed by atoms with van der Waals surface area (Å²) in [5.41, 5.74) is 6.31. The standard InChI is InChI=1S/C8H12N2O2S/c1-2-7-10-6(4-13-7)5(9)3-8(11)12/h4-5H,2-3,9H2,1H3,(H,11,12). The van der Waals surface area contributed by atoms with Gasteiger partial charge in [0, 0.05) is 5.38 Å². The molecular weight excluding hydrogens is 188 g/mol. The maximum atomic E-state index is 10.4. The summed E-state index contributed by atoms with van der Waals surface area (Å²) in [5.74, 6) is -0.890. The zero-order valence-electron chi connectivity index (χ0n) is 7.36. The molecule has 1 heterocycles. The van der Waals surface area contributed by atoms with Gasteiger partial charge in [-0.1, -0.05) is 6.92 Å². The van der Waals surface area contributed by atoms with E-state index in [0.717, 1.165) is 11.4 Å². The van der Waals surface area contributed by atoms with Crippen LogP contribution in [-0.2, 0) is 11.2 Å². The number of carboxylic acid groups (broad SMARTS) is 1. The predicted molar refractivity (Wildman–Crippen MR) is 50.7 cm³/mol. The molecule has 13 heavy (non-hydrogen) atoms. The van der Waals surface area contributed by atoms with Gasteiger partial charge in [-0.05, 0) is 6.42 Å². The first-order valence-corrected chi connectivity index (χ1v) is 4.93. The molecular formula is C8H12N2O2S. The van der Waals surface area contributed by atoms with Crippen molar-refractivity contribution < 1.29 is 9.90 Å². The van der Waals surface area contributed by atoms with Crippen LogP contribution in [0.4, 0.5) is 0 Å². The number of thiazole rings is 1. The average Bonchev–Trinajstić information content (AvgIpc) is 2.50. The monoisotopic (exact) mass is 200 g/mol. The molecule has 0 aliphatic carbocycles. The smallest absolute Gasteiger partial charge is 0.305 e. The van der Waals surface area contributed by atoms with Crippen molar-refractivity contribution in [3.05, 3.63) is 16.1 Å². The van der Waals surface area contributed by atoms with Crippen molar-refractivity contribution >= 4 is 17.3 Å². The zero-order valence-corrected chi connectivity index (χ0v) is 8.17. The zero-order chi connectivity index (χ0) is 9.84. The molecule has 0 aliphatic rings. The van der Waals surface area contributed by atoms with Crippen LogP contribution in [0.5, 0.6) is 0 Å². The van der Waals surface area contributed by atoms with Crippen LogP contribution in [0.3, 0.4) is 0 Å². The van der Waals surface area contributed by atoms with Gasteiger partial charge in [-0.15, -0.1) is 11.3 Å². The fourth-order valence-electron chi connectivity index (χ4n) is 0.950. The highest BCUT2D eigenvalue weighted by atomic mass is 32.1. The molecule has 0 saturated carbocycles. The molecule has 1 aromatic heterocycles. The van der Waals surface area contributed by atoms with E-state index in [9.17, 15) is 4.79 Å². The highest BCUT2D eigenvalue weighted by Gasteiger charge is 2.13. The first kappa shape index (κ1) is 10.1. The van der Waals surface area contributed by atoms with Gasteiger partial charge in [0.1, 0.15) is 0 Å². The summed E-state index contributed by atoms with van der Waals surface area (Å²) in [6.45, 7) is 2.01. The Bertz CT molecular complexity index is 298. The summed E-state index contributed by atoms with van der Waals surface area (Å²) in [6, 6.07) is -0.478. The van der Waals surface area contributed by atoms with Crippen LogP contribution in [0.2, 0.25) is 0 Å². The van der Waals surface area contributed by atoms with Gasteiger partial charge in [-0.25, -0.2) is 4.98 Å². The molecule has 3 N–H and O–H groups in total. The van der Waals surface area contributed by atoms with Crippen LogP contribution in [0, 0.1) is 0 Å². The fraction of sp³-hybridized carbons (Fsp3) is 0.500. The van der Waals surface area contributed by atoms with E-state index in [1.165, 1.54) is 11.3 Å². The van der Waals surface area contributed by atoms with Gasteiger partial charge in [-0.2, -0.15) is 0 Å². The molecule has 1 atom stereocenters. The topological polar surface area (TPSA) is 76.2 Å². The summed E-state index contributed by atoms with van der Waals surface area (Å²) in [6.07, 6.45) is 0.803. The lowest BCUT2D eigenvalue weighted by atomic mass is 10.2. The number of nitrogens with two attached hydrogens (primary N) is 1. The minimum atomic E-state index is -0.890. The highest BCUT2D eigenvalue weighted by molar-refractivity contribution is 7.09. The third kappa shape index (κ3) is 2.78. The molecule has 0 spiro atoms. The Hall–Kier alpha value is -0.940. The van der Waals surface area contributed by atoms with E-state index in [1.807, 2.05) is 12.3 Å². The first-order chi connectivity index (χ1) is 6.13. The Kier molecular flexibility index (Phi) is 3.39. The van der Waals surface area contributed by atoms with E-state index in [0.29, 0.717) is 5.69 Å². The number of aliphatic carboxylic acids is 1. The summed E-state index contributed by atoms with van der Waals surface area (Å²) < 4.78 is 0. The number of aromatic nitrogens is 1. The second-order valence-corrected chi connectivity index (χ2v) is 3.67. The van der Waals surface area contributed by atoms with Crippen molar-refractivity contribution in [2.75, 3.05) is 0 Å². The van der Waals surface area contributed by atoms with Crippen molar-refractivity contribution in [2.24, 2.45) is 5.73 Å². The van der Waals surface area contributed by atoms with Gasteiger partial charge in [0.15, 0.2) is 0 Å². The van der Waals surface area contributed by atoms with Gasteiger partial charge in [-0.3, -0.25) is 4.79 Å². The van der Waals surface area contributed by atoms with E-state index >= 15 is 0 Å². The molecule has 0 radical (unpaired) electrons. The van der Waals surface area contributed by atoms with Crippen LogP contribution in [0.1, 0.15) is 30.1 Å². The second-order valence-electron chi connectivity index (χ2n) is 2.72. The third-order valence-corrected chi connectivity index (χ3v) is 2.66. The number of nitrogens with zero attached hydrogens (tertiary/aromatic N) is 1.